The number of fused-ring (bicyclic) bond motifs is 4. The number of nitrogens with zero attached hydrogens (tertiary/aromatic N) is 2. The molecule has 0 aromatic heterocycles. The molecule has 2 saturated carbocycles. The average molecular weight is 879 g/mol. The van der Waals surface area contributed by atoms with Crippen LogP contribution in [0.15, 0.2) is 0 Å². The molecule has 0 radical (unpaired) electrons. The second kappa shape index (κ2) is 18.6. The number of carbonyl (C=O) groups excluding carboxylic acids is 4. The Bertz CT molecular complexity index is 1530. The number of carbonyl (C=O) groups is 4. The van der Waals surface area contributed by atoms with Gasteiger partial charge in [-0.2, -0.15) is 0 Å². The van der Waals surface area contributed by atoms with Crippen molar-refractivity contribution >= 4 is 24.0 Å². The molecule has 0 unspecified atom stereocenters. The molecule has 0 aromatic rings. The highest BCUT2D eigenvalue weighted by Gasteiger charge is 2.72. The minimum absolute atomic E-state index is 0.0280. The Labute approximate surface area is 365 Å². The molecular weight excluding hydrogens is 808 g/mol. The van der Waals surface area contributed by atoms with Gasteiger partial charge in [-0.3, -0.25) is 9.59 Å². The summed E-state index contributed by atoms with van der Waals surface area (Å²) < 4.78 is 35.2. The summed E-state index contributed by atoms with van der Waals surface area (Å²) >= 11 is 0. The van der Waals surface area contributed by atoms with Crippen LogP contribution in [0.5, 0.6) is 0 Å². The number of likely N-dealkylation sites (tertiary alicyclic amines) is 2. The third kappa shape index (κ3) is 8.44. The molecule has 4 amide bonds. The molecule has 2 spiro atoms. The third-order valence-corrected chi connectivity index (χ3v) is 15.7. The van der Waals surface area contributed by atoms with Crippen molar-refractivity contribution in [2.24, 2.45) is 47.3 Å². The Morgan fingerprint density at radius 3 is 1.42 bits per heavy atom. The van der Waals surface area contributed by atoms with Crippen molar-refractivity contribution in [3.8, 4) is 0 Å². The van der Waals surface area contributed by atoms with E-state index < -0.39 is 47.4 Å². The minimum atomic E-state index is -0.906. The fourth-order valence-electron chi connectivity index (χ4n) is 12.4. The summed E-state index contributed by atoms with van der Waals surface area (Å²) in [5, 5.41) is 5.41. The molecule has 18 nitrogen and oxygen atoms in total. The lowest BCUT2D eigenvalue weighted by Gasteiger charge is -2.61. The van der Waals surface area contributed by atoms with Crippen LogP contribution in [0.1, 0.15) is 106 Å². The first-order valence-corrected chi connectivity index (χ1v) is 23.4. The van der Waals surface area contributed by atoms with E-state index in [0.717, 1.165) is 38.5 Å². The van der Waals surface area contributed by atoms with E-state index in [1.54, 1.807) is 9.80 Å². The molecule has 4 bridgehead atoms. The van der Waals surface area contributed by atoms with Gasteiger partial charge in [0.25, 0.3) is 0 Å². The molecular formula is C44H70N4O14. The van der Waals surface area contributed by atoms with Crippen molar-refractivity contribution in [3.63, 3.8) is 0 Å². The van der Waals surface area contributed by atoms with Gasteiger partial charge >= 0.3 is 12.2 Å². The van der Waals surface area contributed by atoms with Gasteiger partial charge in [0, 0.05) is 62.7 Å². The van der Waals surface area contributed by atoms with Gasteiger partial charge in [0.1, 0.15) is 13.2 Å². The van der Waals surface area contributed by atoms with Crippen molar-refractivity contribution in [2.75, 3.05) is 65.8 Å². The number of ether oxygens (including phenoxy) is 6. The minimum Gasteiger partial charge on any atom is -0.447 e. The number of piperidine rings is 2. The predicted molar refractivity (Wildman–Crippen MR) is 217 cm³/mol. The molecule has 62 heavy (non-hydrogen) atoms. The van der Waals surface area contributed by atoms with Gasteiger partial charge in [0.15, 0.2) is 23.7 Å². The Morgan fingerprint density at radius 2 is 1.00 bits per heavy atom. The summed E-state index contributed by atoms with van der Waals surface area (Å²) in [7, 11) is 0. The van der Waals surface area contributed by atoms with E-state index >= 15 is 0 Å². The first-order chi connectivity index (χ1) is 29.7. The molecule has 2 N–H and O–H groups in total. The molecule has 14 atom stereocenters. The maximum atomic E-state index is 13.6. The fourth-order valence-corrected chi connectivity index (χ4v) is 12.4. The van der Waals surface area contributed by atoms with E-state index in [4.69, 9.17) is 48.0 Å². The second-order valence-corrected chi connectivity index (χ2v) is 19.6. The quantitative estimate of drug-likeness (QED) is 0.152. The smallest absolute Gasteiger partial charge is 0.407 e. The molecule has 2 aliphatic carbocycles. The monoisotopic (exact) mass is 878 g/mol. The van der Waals surface area contributed by atoms with Crippen LogP contribution < -0.4 is 10.6 Å². The average Bonchev–Trinajstić information content (AvgIpc) is 3.63. The van der Waals surface area contributed by atoms with Crippen molar-refractivity contribution in [1.82, 2.24) is 20.4 Å². The molecule has 18 heteroatoms. The van der Waals surface area contributed by atoms with E-state index in [2.05, 4.69) is 24.5 Å². The van der Waals surface area contributed by atoms with Crippen molar-refractivity contribution in [1.29, 1.82) is 0 Å². The van der Waals surface area contributed by atoms with E-state index in [9.17, 15) is 19.2 Å². The fraction of sp³-hybridized carbons (Fsp3) is 0.909. The number of amides is 4. The van der Waals surface area contributed by atoms with E-state index in [1.165, 1.54) is 0 Å². The maximum Gasteiger partial charge on any atom is 0.407 e. The second-order valence-electron chi connectivity index (χ2n) is 19.6. The number of rotatable bonds is 17. The van der Waals surface area contributed by atoms with Gasteiger partial charge in [-0.1, -0.05) is 27.7 Å². The predicted octanol–water partition coefficient (Wildman–Crippen LogP) is 4.64. The lowest BCUT2D eigenvalue weighted by Crippen LogP contribution is -2.75. The lowest BCUT2D eigenvalue weighted by atomic mass is 9.57. The number of hydrogen-bond donors (Lipinski definition) is 2. The first-order valence-electron chi connectivity index (χ1n) is 23.4. The van der Waals surface area contributed by atoms with Gasteiger partial charge in [-0.25, -0.2) is 29.1 Å². The summed E-state index contributed by atoms with van der Waals surface area (Å²) in [6.07, 6.45) is 6.21. The highest BCUT2D eigenvalue weighted by atomic mass is 17.3. The van der Waals surface area contributed by atoms with Crippen LogP contribution in [0.2, 0.25) is 0 Å². The number of nitrogens with one attached hydrogen (secondary N) is 2. The Hall–Kier alpha value is -2.84. The maximum absolute atomic E-state index is 13.6. The van der Waals surface area contributed by atoms with Crippen LogP contribution in [0.25, 0.3) is 0 Å². The van der Waals surface area contributed by atoms with Crippen LogP contribution in [-0.2, 0) is 57.6 Å². The lowest BCUT2D eigenvalue weighted by molar-refractivity contribution is -0.548. The zero-order valence-corrected chi connectivity index (χ0v) is 37.5. The summed E-state index contributed by atoms with van der Waals surface area (Å²) in [6.45, 7) is 14.7. The zero-order chi connectivity index (χ0) is 43.9. The largest absolute Gasteiger partial charge is 0.447 e. The van der Waals surface area contributed by atoms with Crippen LogP contribution in [0, 0.1) is 47.3 Å². The molecule has 8 heterocycles. The molecule has 0 aromatic carbocycles. The topological polar surface area (TPSA) is 191 Å². The van der Waals surface area contributed by atoms with Crippen LogP contribution in [0.4, 0.5) is 9.59 Å². The molecule has 8 aliphatic heterocycles. The van der Waals surface area contributed by atoms with Crippen LogP contribution in [-0.4, -0.2) is 135 Å². The Morgan fingerprint density at radius 1 is 0.581 bits per heavy atom. The van der Waals surface area contributed by atoms with Gasteiger partial charge in [0.2, 0.25) is 23.4 Å². The van der Waals surface area contributed by atoms with E-state index in [1.807, 2.05) is 27.7 Å². The van der Waals surface area contributed by atoms with Crippen molar-refractivity contribution < 1.29 is 67.1 Å². The molecule has 350 valence electrons. The number of unbranched alkanes of at least 4 members (excludes halogenated alkanes) is 1. The highest BCUT2D eigenvalue weighted by molar-refractivity contribution is 5.81. The number of alkyl carbamates (subject to hydrolysis) is 2. The SMILES string of the molecule is C[C@@H]1CC[C@H]2[C@@H](C)C(=O)N(CCOCCOC(=O)NCCCCNC(=O)OCCOCCN3C(=O)[C@H](C)[C@@H]4CC[C@@H](C)[C@@H]5CC[C@@]6(C)OO[C@]54[C@H]3O6)[C@@H]3O[C@@]4(C)CC[C@@H]1[C@@]23OO4. The first kappa shape index (κ1) is 45.7. The normalized spacial score (nSPS) is 41.8. The van der Waals surface area contributed by atoms with E-state index in [0.29, 0.717) is 63.7 Å². The molecule has 10 aliphatic rings. The highest BCUT2D eigenvalue weighted by Crippen LogP contribution is 2.62. The zero-order valence-electron chi connectivity index (χ0n) is 37.5. The van der Waals surface area contributed by atoms with Gasteiger partial charge in [0.05, 0.1) is 26.4 Å². The summed E-state index contributed by atoms with van der Waals surface area (Å²) in [6, 6.07) is 0. The van der Waals surface area contributed by atoms with Crippen LogP contribution >= 0.6 is 0 Å². The van der Waals surface area contributed by atoms with Crippen LogP contribution in [0.3, 0.4) is 0 Å². The standard InChI is InChI=1S/C44H70N4O14/c1-27-9-11-33-29(3)35(49)47(37-43(33)31(27)13-15-41(5,57-37)59-61-43)19-21-53-23-25-55-39(51)45-17-7-8-18-46-40(52)56-26-24-54-22-20-48-36(50)30(4)34-12-10-28(2)32-14-16-42(6)58-38(48)44(32,34)62-60-42/h27-34,37-38H,7-26H2,1-6H3,(H,45,51)(H,46,52)/t27-,28-,29-,30-,31+,32+,33+,34+,37-,38-,41-,42-,43-,44-/m1/s1. The van der Waals surface area contributed by atoms with Gasteiger partial charge in [-0.15, -0.1) is 0 Å². The van der Waals surface area contributed by atoms with Gasteiger partial charge < -0.3 is 48.9 Å². The van der Waals surface area contributed by atoms with Gasteiger partial charge in [-0.05, 0) is 88.9 Å². The summed E-state index contributed by atoms with van der Waals surface area (Å²) in [5.74, 6) is -0.790. The molecule has 10 fully saturated rings. The van der Waals surface area contributed by atoms with E-state index in [-0.39, 0.29) is 87.0 Å². The molecule has 8 saturated heterocycles. The Balaban J connectivity index is 0.658. The van der Waals surface area contributed by atoms with Crippen molar-refractivity contribution in [2.45, 2.75) is 141 Å². The Kier molecular flexibility index (Phi) is 13.7. The molecule has 10 rings (SSSR count). The summed E-state index contributed by atoms with van der Waals surface area (Å²) in [4.78, 5) is 79.7. The number of hydrogen-bond acceptors (Lipinski definition) is 14. The van der Waals surface area contributed by atoms with Crippen molar-refractivity contribution in [3.05, 3.63) is 0 Å². The summed E-state index contributed by atoms with van der Waals surface area (Å²) in [5.41, 5.74) is -1.40. The third-order valence-electron chi connectivity index (χ3n) is 15.7.